The third-order valence-corrected chi connectivity index (χ3v) is 8.55. The summed E-state index contributed by atoms with van der Waals surface area (Å²) in [6.07, 6.45) is 13.0. The molecule has 198 valence electrons. The molecule has 8 heteroatoms. The maximum Gasteiger partial charge on any atom is 0.333 e. The first-order valence-electron chi connectivity index (χ1n) is 13.2. The summed E-state index contributed by atoms with van der Waals surface area (Å²) < 4.78 is 39.5. The Kier molecular flexibility index (Phi) is 6.07. The molecule has 0 aliphatic heterocycles. The van der Waals surface area contributed by atoms with Crippen LogP contribution in [0.1, 0.15) is 56.7 Å². The molecule has 1 fully saturated rings. The van der Waals surface area contributed by atoms with Gasteiger partial charge < -0.3 is 9.55 Å². The topological polar surface area (TPSA) is 84.8 Å². The second-order valence-corrected chi connectivity index (χ2v) is 12.2. The Bertz CT molecular complexity index is 1990. The Labute approximate surface area is 226 Å². The van der Waals surface area contributed by atoms with Gasteiger partial charge in [0.15, 0.2) is 5.43 Å². The van der Waals surface area contributed by atoms with E-state index in [4.69, 9.17) is 6.42 Å². The van der Waals surface area contributed by atoms with E-state index in [1.807, 2.05) is 30.3 Å². The van der Waals surface area contributed by atoms with Gasteiger partial charge in [-0.1, -0.05) is 38.7 Å². The summed E-state index contributed by atoms with van der Waals surface area (Å²) in [5.74, 6) is 2.93. The molecule has 3 aromatic heterocycles. The lowest BCUT2D eigenvalue weighted by atomic mass is 9.92. The lowest BCUT2D eigenvalue weighted by Gasteiger charge is -2.22. The lowest BCUT2D eigenvalue weighted by molar-refractivity contribution is 0.545. The minimum atomic E-state index is -4.93. The average Bonchev–Trinajstić information content (AvgIpc) is 3.56. The minimum Gasteiger partial charge on any atom is -0.340 e. The number of rotatable bonds is 5. The molecule has 0 bridgehead atoms. The fraction of sp³-hybridized carbons (Fsp3) is 0.290. The maximum absolute atomic E-state index is 14.1. The molecule has 0 atom stereocenters. The molecule has 0 saturated heterocycles. The molecular weight excluding hydrogens is 513 g/mol. The first-order valence-corrected chi connectivity index (χ1v) is 14.6. The van der Waals surface area contributed by atoms with Crippen molar-refractivity contribution in [2.24, 2.45) is 5.92 Å². The van der Waals surface area contributed by atoms with Crippen LogP contribution in [0.5, 0.6) is 0 Å². The summed E-state index contributed by atoms with van der Waals surface area (Å²) in [6.45, 7) is 4.16. The summed E-state index contributed by atoms with van der Waals surface area (Å²) in [5, 5.41) is 2.09. The third kappa shape index (κ3) is 4.31. The molecule has 6 nitrogen and oxygen atoms in total. The summed E-state index contributed by atoms with van der Waals surface area (Å²) in [4.78, 5) is 21.2. The molecule has 1 aliphatic carbocycles. The number of terminal acetylenes is 1. The molecule has 0 spiro atoms. The SMILES string of the molecule is C#Cc1ccc2c(c1)[nH]c1c2c(=O)c2cc(CC(C)C)c(-c3cncc(S(=O)(=O)F)c3)cc2n1C1CCCC1. The van der Waals surface area contributed by atoms with E-state index in [1.165, 1.54) is 6.07 Å². The zero-order valence-electron chi connectivity index (χ0n) is 21.8. The first-order chi connectivity index (χ1) is 18.7. The smallest absolute Gasteiger partial charge is 0.333 e. The first kappa shape index (κ1) is 25.3. The number of nitrogens with zero attached hydrogens (tertiary/aromatic N) is 2. The van der Waals surface area contributed by atoms with Crippen LogP contribution in [-0.2, 0) is 16.6 Å². The van der Waals surface area contributed by atoms with E-state index in [0.29, 0.717) is 22.8 Å². The Morgan fingerprint density at radius 3 is 2.59 bits per heavy atom. The van der Waals surface area contributed by atoms with Crippen molar-refractivity contribution in [3.05, 3.63) is 70.1 Å². The van der Waals surface area contributed by atoms with Gasteiger partial charge in [0.05, 0.1) is 10.9 Å². The van der Waals surface area contributed by atoms with Gasteiger partial charge in [0.25, 0.3) is 0 Å². The van der Waals surface area contributed by atoms with Crippen molar-refractivity contribution in [3.8, 4) is 23.5 Å². The third-order valence-electron chi connectivity index (χ3n) is 7.76. The van der Waals surface area contributed by atoms with Gasteiger partial charge in [0, 0.05) is 45.9 Å². The van der Waals surface area contributed by atoms with Crippen molar-refractivity contribution in [1.29, 1.82) is 0 Å². The number of hydrogen-bond acceptors (Lipinski definition) is 4. The highest BCUT2D eigenvalue weighted by Crippen LogP contribution is 2.39. The average molecular weight is 542 g/mol. The van der Waals surface area contributed by atoms with Gasteiger partial charge >= 0.3 is 10.2 Å². The van der Waals surface area contributed by atoms with Crippen molar-refractivity contribution in [1.82, 2.24) is 14.5 Å². The standard InChI is InChI=1S/C31H28FN3O3S/c1-4-19-9-10-24-27(12-19)34-31-29(24)30(36)26-14-20(11-18(2)3)25(15-28(26)35(31)22-7-5-6-8-22)21-13-23(17-33-16-21)39(32,37)38/h1,9-10,12-18,22,34H,5-8,11H2,2-3H3. The number of benzene rings is 2. The number of fused-ring (bicyclic) bond motifs is 4. The van der Waals surface area contributed by atoms with Crippen molar-refractivity contribution in [2.75, 3.05) is 0 Å². The van der Waals surface area contributed by atoms with E-state index < -0.39 is 15.1 Å². The molecule has 1 saturated carbocycles. The number of hydrogen-bond donors (Lipinski definition) is 1. The highest BCUT2D eigenvalue weighted by atomic mass is 32.3. The molecule has 1 aliphatic rings. The molecule has 1 N–H and O–H groups in total. The Morgan fingerprint density at radius 2 is 1.90 bits per heavy atom. The predicted molar refractivity (Wildman–Crippen MR) is 153 cm³/mol. The number of nitrogens with one attached hydrogen (secondary N) is 1. The van der Waals surface area contributed by atoms with Crippen molar-refractivity contribution < 1.29 is 12.3 Å². The predicted octanol–water partition coefficient (Wildman–Crippen LogP) is 6.65. The molecule has 3 heterocycles. The minimum absolute atomic E-state index is 0.0660. The van der Waals surface area contributed by atoms with Crippen LogP contribution in [0, 0.1) is 18.3 Å². The molecule has 2 aromatic carbocycles. The largest absolute Gasteiger partial charge is 0.340 e. The second kappa shape index (κ2) is 9.35. The maximum atomic E-state index is 14.1. The number of H-pyrrole nitrogens is 1. The van der Waals surface area contributed by atoms with E-state index in [2.05, 4.69) is 34.3 Å². The molecule has 0 amide bonds. The van der Waals surface area contributed by atoms with E-state index in [1.54, 1.807) is 6.20 Å². The molecule has 6 rings (SSSR count). The quantitative estimate of drug-likeness (QED) is 0.199. The molecular formula is C31H28FN3O3S. The summed E-state index contributed by atoms with van der Waals surface area (Å²) >= 11 is 0. The Balaban J connectivity index is 1.75. The van der Waals surface area contributed by atoms with Crippen LogP contribution in [0.4, 0.5) is 3.89 Å². The summed E-state index contributed by atoms with van der Waals surface area (Å²) in [6, 6.07) is 11.0. The van der Waals surface area contributed by atoms with Gasteiger partial charge in [-0.25, -0.2) is 0 Å². The highest BCUT2D eigenvalue weighted by Gasteiger charge is 2.25. The van der Waals surface area contributed by atoms with Crippen LogP contribution in [0.25, 0.3) is 44.0 Å². The van der Waals surface area contributed by atoms with Gasteiger partial charge in [-0.3, -0.25) is 9.78 Å². The van der Waals surface area contributed by atoms with Crippen LogP contribution in [-0.4, -0.2) is 23.0 Å². The number of aromatic amines is 1. The van der Waals surface area contributed by atoms with Crippen molar-refractivity contribution in [2.45, 2.75) is 56.9 Å². The van der Waals surface area contributed by atoms with Gasteiger partial charge in [-0.15, -0.1) is 10.3 Å². The summed E-state index contributed by atoms with van der Waals surface area (Å²) in [7, 11) is -4.93. The van der Waals surface area contributed by atoms with E-state index in [9.17, 15) is 17.1 Å². The molecule has 0 unspecified atom stereocenters. The van der Waals surface area contributed by atoms with E-state index >= 15 is 0 Å². The van der Waals surface area contributed by atoms with Gasteiger partial charge in [0.2, 0.25) is 0 Å². The zero-order chi connectivity index (χ0) is 27.5. The van der Waals surface area contributed by atoms with Crippen LogP contribution in [0.3, 0.4) is 0 Å². The van der Waals surface area contributed by atoms with Gasteiger partial charge in [0.1, 0.15) is 10.5 Å². The Morgan fingerprint density at radius 1 is 1.13 bits per heavy atom. The van der Waals surface area contributed by atoms with Crippen LogP contribution < -0.4 is 5.43 Å². The van der Waals surface area contributed by atoms with E-state index in [0.717, 1.165) is 70.6 Å². The van der Waals surface area contributed by atoms with Crippen molar-refractivity contribution >= 4 is 43.1 Å². The molecule has 5 aromatic rings. The number of pyridine rings is 2. The van der Waals surface area contributed by atoms with Crippen LogP contribution in [0.15, 0.2) is 58.5 Å². The highest BCUT2D eigenvalue weighted by molar-refractivity contribution is 7.86. The number of halogens is 1. The second-order valence-electron chi connectivity index (χ2n) is 10.9. The van der Waals surface area contributed by atoms with E-state index in [-0.39, 0.29) is 17.4 Å². The fourth-order valence-electron chi connectivity index (χ4n) is 6.07. The Hall–Kier alpha value is -3.96. The van der Waals surface area contributed by atoms with Crippen molar-refractivity contribution in [3.63, 3.8) is 0 Å². The summed E-state index contributed by atoms with van der Waals surface area (Å²) in [5.41, 5.74) is 5.11. The number of aromatic nitrogens is 3. The van der Waals surface area contributed by atoms with Crippen LogP contribution in [0.2, 0.25) is 0 Å². The normalized spacial score (nSPS) is 14.6. The molecule has 39 heavy (non-hydrogen) atoms. The van der Waals surface area contributed by atoms with Gasteiger partial charge in [-0.05, 0) is 66.6 Å². The molecule has 0 radical (unpaired) electrons. The van der Waals surface area contributed by atoms with Crippen LogP contribution >= 0.6 is 0 Å². The lowest BCUT2D eigenvalue weighted by Crippen LogP contribution is -2.15. The fourth-order valence-corrected chi connectivity index (χ4v) is 6.53. The zero-order valence-corrected chi connectivity index (χ0v) is 22.6. The van der Waals surface area contributed by atoms with Gasteiger partial charge in [-0.2, -0.15) is 8.42 Å². The monoisotopic (exact) mass is 541 g/mol.